The zero-order chi connectivity index (χ0) is 27.2. The Morgan fingerprint density at radius 3 is 2.72 bits per heavy atom. The van der Waals surface area contributed by atoms with E-state index in [9.17, 15) is 14.7 Å². The Morgan fingerprint density at radius 2 is 1.87 bits per heavy atom. The zero-order valence-corrected chi connectivity index (χ0v) is 22.6. The maximum absolute atomic E-state index is 12.1. The maximum atomic E-state index is 12.1. The van der Waals surface area contributed by atoms with E-state index >= 15 is 0 Å². The summed E-state index contributed by atoms with van der Waals surface area (Å²) >= 11 is 0. The van der Waals surface area contributed by atoms with Crippen LogP contribution in [0.1, 0.15) is 55.8 Å². The van der Waals surface area contributed by atoms with Crippen LogP contribution in [-0.2, 0) is 24.1 Å². The molecule has 4 N–H and O–H groups in total. The predicted octanol–water partition coefficient (Wildman–Crippen LogP) is 6.04. The molecule has 0 bridgehead atoms. The van der Waals surface area contributed by atoms with Crippen LogP contribution in [-0.4, -0.2) is 46.7 Å². The van der Waals surface area contributed by atoms with Crippen LogP contribution >= 0.6 is 0 Å². The Hall–Kier alpha value is -4.07. The van der Waals surface area contributed by atoms with Gasteiger partial charge in [-0.25, -0.2) is 4.79 Å². The van der Waals surface area contributed by atoms with Gasteiger partial charge < -0.3 is 20.7 Å². The normalized spacial score (nSPS) is 12.8. The van der Waals surface area contributed by atoms with Gasteiger partial charge in [-0.1, -0.05) is 18.2 Å². The molecule has 0 spiro atoms. The molecule has 1 aliphatic carbocycles. The number of carbonyl (C=O) groups excluding carboxylic acids is 1. The fourth-order valence-electron chi connectivity index (χ4n) is 5.61. The van der Waals surface area contributed by atoms with Gasteiger partial charge in [-0.2, -0.15) is 0 Å². The largest absolute Gasteiger partial charge is 0.465 e. The van der Waals surface area contributed by atoms with Crippen molar-refractivity contribution < 1.29 is 14.7 Å². The van der Waals surface area contributed by atoms with Crippen molar-refractivity contribution in [1.82, 2.24) is 15.3 Å². The quantitative estimate of drug-likeness (QED) is 0.178. The van der Waals surface area contributed by atoms with Crippen LogP contribution in [0.5, 0.6) is 0 Å². The highest BCUT2D eigenvalue weighted by molar-refractivity contribution is 5.94. The van der Waals surface area contributed by atoms with Crippen molar-refractivity contribution in [2.45, 2.75) is 58.3 Å². The predicted molar refractivity (Wildman–Crippen MR) is 157 cm³/mol. The molecule has 39 heavy (non-hydrogen) atoms. The maximum Gasteiger partial charge on any atom is 0.411 e. The number of benzene rings is 2. The molecule has 2 aromatic heterocycles. The van der Waals surface area contributed by atoms with E-state index in [-0.39, 0.29) is 5.91 Å². The topological polar surface area (TPSA) is 110 Å². The van der Waals surface area contributed by atoms with Gasteiger partial charge in [0.15, 0.2) is 0 Å². The molecular formula is C31H37N5O3. The van der Waals surface area contributed by atoms with Gasteiger partial charge in [0, 0.05) is 66.1 Å². The molecule has 0 fully saturated rings. The molecule has 8 nitrogen and oxygen atoms in total. The van der Waals surface area contributed by atoms with Crippen molar-refractivity contribution in [2.24, 2.45) is 0 Å². The third-order valence-corrected chi connectivity index (χ3v) is 7.59. The Morgan fingerprint density at radius 1 is 1.03 bits per heavy atom. The second kappa shape index (κ2) is 12.2. The highest BCUT2D eigenvalue weighted by Gasteiger charge is 2.18. The molecule has 5 rings (SSSR count). The van der Waals surface area contributed by atoms with E-state index in [1.807, 2.05) is 30.5 Å². The number of carbonyl (C=O) groups is 2. The Balaban J connectivity index is 1.18. The molecule has 1 aliphatic rings. The first-order chi connectivity index (χ1) is 19.0. The van der Waals surface area contributed by atoms with Crippen molar-refractivity contribution in [3.63, 3.8) is 0 Å². The number of rotatable bonds is 11. The second-order valence-corrected chi connectivity index (χ2v) is 10.3. The van der Waals surface area contributed by atoms with Crippen molar-refractivity contribution in [1.29, 1.82) is 0 Å². The molecule has 2 aromatic carbocycles. The Labute approximate surface area is 228 Å². The third kappa shape index (κ3) is 6.16. The van der Waals surface area contributed by atoms with E-state index in [0.717, 1.165) is 60.6 Å². The summed E-state index contributed by atoms with van der Waals surface area (Å²) in [6, 6.07) is 14.1. The number of H-pyrrole nitrogens is 1. The lowest BCUT2D eigenvalue weighted by Crippen LogP contribution is -2.30. The summed E-state index contributed by atoms with van der Waals surface area (Å²) in [5.74, 6) is -0.0590. The van der Waals surface area contributed by atoms with Gasteiger partial charge in [0.25, 0.3) is 0 Å². The molecule has 0 radical (unpaired) electrons. The minimum atomic E-state index is -0.947. The average Bonchev–Trinajstić information content (AvgIpc) is 3.33. The zero-order valence-electron chi connectivity index (χ0n) is 22.6. The smallest absolute Gasteiger partial charge is 0.411 e. The molecule has 0 atom stereocenters. The van der Waals surface area contributed by atoms with Crippen LogP contribution in [0, 0.1) is 0 Å². The number of pyridine rings is 1. The molecule has 8 heteroatoms. The molecule has 0 unspecified atom stereocenters. The second-order valence-electron chi connectivity index (χ2n) is 10.3. The average molecular weight is 528 g/mol. The summed E-state index contributed by atoms with van der Waals surface area (Å²) in [7, 11) is 0. The number of aromatic nitrogens is 2. The van der Waals surface area contributed by atoms with Gasteiger partial charge in [-0.05, 0) is 86.8 Å². The van der Waals surface area contributed by atoms with E-state index in [1.165, 1.54) is 47.0 Å². The van der Waals surface area contributed by atoms with Crippen molar-refractivity contribution in [3.05, 3.63) is 65.5 Å². The number of aromatic amines is 1. The summed E-state index contributed by atoms with van der Waals surface area (Å²) in [4.78, 5) is 32.9. The lowest BCUT2D eigenvalue weighted by Gasteiger charge is -2.22. The number of fused-ring (bicyclic) bond motifs is 3. The van der Waals surface area contributed by atoms with Crippen LogP contribution in [0.15, 0.2) is 48.7 Å². The monoisotopic (exact) mass is 527 g/mol. The summed E-state index contributed by atoms with van der Waals surface area (Å²) < 4.78 is 0. The summed E-state index contributed by atoms with van der Waals surface area (Å²) in [5, 5.41) is 18.6. The number of hydrogen-bond donors (Lipinski definition) is 4. The summed E-state index contributed by atoms with van der Waals surface area (Å²) in [6.45, 7) is 3.34. The van der Waals surface area contributed by atoms with Gasteiger partial charge >= 0.3 is 6.09 Å². The summed E-state index contributed by atoms with van der Waals surface area (Å²) in [6.07, 6.45) is 8.86. The van der Waals surface area contributed by atoms with Crippen LogP contribution in [0.3, 0.4) is 0 Å². The highest BCUT2D eigenvalue weighted by atomic mass is 16.4. The van der Waals surface area contributed by atoms with Gasteiger partial charge in [0.05, 0.1) is 5.52 Å². The number of aryl methyl sites for hydroxylation is 1. The third-order valence-electron chi connectivity index (χ3n) is 7.59. The number of carboxylic acid groups (broad SMARTS) is 1. The van der Waals surface area contributed by atoms with Crippen LogP contribution in [0.25, 0.3) is 21.8 Å². The lowest BCUT2D eigenvalue weighted by atomic mass is 9.92. The number of amides is 2. The lowest BCUT2D eigenvalue weighted by molar-refractivity contribution is -0.118. The molecule has 2 amide bonds. The first kappa shape index (κ1) is 26.5. The van der Waals surface area contributed by atoms with E-state index in [2.05, 4.69) is 33.8 Å². The molecule has 4 aromatic rings. The minimum Gasteiger partial charge on any atom is -0.465 e. The number of nitrogens with one attached hydrogen (secondary N) is 3. The van der Waals surface area contributed by atoms with Gasteiger partial charge in [0.2, 0.25) is 5.91 Å². The molecule has 0 saturated heterocycles. The fraction of sp³-hybridized carbons (Fsp3) is 0.387. The van der Waals surface area contributed by atoms with Crippen molar-refractivity contribution in [2.75, 3.05) is 29.9 Å². The van der Waals surface area contributed by atoms with Gasteiger partial charge in [0.1, 0.15) is 0 Å². The highest BCUT2D eigenvalue weighted by Crippen LogP contribution is 2.33. The standard InChI is InChI=1S/C31H37N5O3/c1-21(37)32-17-15-22-20-34-27-14-13-23(19-26(22)27)36(31(38)39)18-8-2-7-16-33-30-24-9-3-5-11-28(24)35-29-12-6-4-10-25(29)30/h3,5,9,11,13-14,19-20,34H,2,4,6-8,10,12,15-18H2,1H3,(H,32,37)(H,33,35)(H,38,39). The SMILES string of the molecule is CC(=O)NCCc1c[nH]c2ccc(N(CCCCCNc3c4c(nc5ccccc35)CCCC4)C(=O)O)cc12. The minimum absolute atomic E-state index is 0.0590. The van der Waals surface area contributed by atoms with Crippen molar-refractivity contribution >= 4 is 45.2 Å². The number of hydrogen-bond acceptors (Lipinski definition) is 4. The first-order valence-electron chi connectivity index (χ1n) is 14.0. The Kier molecular flexibility index (Phi) is 8.30. The van der Waals surface area contributed by atoms with E-state index < -0.39 is 6.09 Å². The van der Waals surface area contributed by atoms with Crippen molar-refractivity contribution in [3.8, 4) is 0 Å². The molecule has 204 valence electrons. The van der Waals surface area contributed by atoms with E-state index in [1.54, 1.807) is 0 Å². The Bertz CT molecular complexity index is 1480. The number of nitrogens with zero attached hydrogens (tertiary/aromatic N) is 2. The van der Waals surface area contributed by atoms with Crippen LogP contribution in [0.4, 0.5) is 16.2 Å². The molecular weight excluding hydrogens is 490 g/mol. The van der Waals surface area contributed by atoms with Crippen LogP contribution in [0.2, 0.25) is 0 Å². The number of para-hydroxylation sites is 1. The fourth-order valence-corrected chi connectivity index (χ4v) is 5.61. The van der Waals surface area contributed by atoms with E-state index in [0.29, 0.717) is 25.2 Å². The van der Waals surface area contributed by atoms with Gasteiger partial charge in [-0.3, -0.25) is 14.7 Å². The number of anilines is 2. The van der Waals surface area contributed by atoms with E-state index in [4.69, 9.17) is 4.98 Å². The van der Waals surface area contributed by atoms with Crippen LogP contribution < -0.4 is 15.5 Å². The summed E-state index contributed by atoms with van der Waals surface area (Å²) in [5.41, 5.74) is 7.57. The van der Waals surface area contributed by atoms with Gasteiger partial charge in [-0.15, -0.1) is 0 Å². The number of unbranched alkanes of at least 4 members (excludes halogenated alkanes) is 2. The molecule has 0 saturated carbocycles. The first-order valence-corrected chi connectivity index (χ1v) is 14.0. The molecule has 0 aliphatic heterocycles. The molecule has 2 heterocycles.